The molecule has 2 aromatic rings. The molecule has 0 radical (unpaired) electrons. The van der Waals surface area contributed by atoms with E-state index in [9.17, 15) is 18.0 Å². The van der Waals surface area contributed by atoms with Crippen molar-refractivity contribution in [1.82, 2.24) is 10.6 Å². The van der Waals surface area contributed by atoms with Crippen molar-refractivity contribution in [2.24, 2.45) is 0 Å². The molecule has 0 unspecified atom stereocenters. The van der Waals surface area contributed by atoms with Gasteiger partial charge in [-0.2, -0.15) is 13.2 Å². The number of carboxylic acids is 1. The Morgan fingerprint density at radius 2 is 1.87 bits per heavy atom. The number of carbonyl (C=O) groups is 2. The molecule has 0 saturated carbocycles. The number of hydrogen-bond donors (Lipinski definition) is 3. The van der Waals surface area contributed by atoms with Gasteiger partial charge < -0.3 is 20.5 Å². The van der Waals surface area contributed by atoms with Gasteiger partial charge in [0, 0.05) is 24.9 Å². The quantitative estimate of drug-likeness (QED) is 0.616. The van der Waals surface area contributed by atoms with Crippen molar-refractivity contribution in [1.29, 1.82) is 0 Å². The lowest BCUT2D eigenvalue weighted by Gasteiger charge is -2.15. The lowest BCUT2D eigenvalue weighted by Crippen LogP contribution is -2.40. The molecule has 1 aliphatic rings. The van der Waals surface area contributed by atoms with E-state index in [2.05, 4.69) is 35.8 Å². The van der Waals surface area contributed by atoms with Crippen LogP contribution in [0.5, 0.6) is 5.75 Å². The molecular weight excluding hydrogens is 401 g/mol. The van der Waals surface area contributed by atoms with Gasteiger partial charge in [0.1, 0.15) is 11.9 Å². The Kier molecular flexibility index (Phi) is 8.46. The van der Waals surface area contributed by atoms with Crippen molar-refractivity contribution < 1.29 is 32.6 Å². The summed E-state index contributed by atoms with van der Waals surface area (Å²) in [4.78, 5) is 21.0. The average Bonchev–Trinajstić information content (AvgIpc) is 3.17. The Morgan fingerprint density at radius 1 is 1.20 bits per heavy atom. The maximum Gasteiger partial charge on any atom is 0.490 e. The van der Waals surface area contributed by atoms with Crippen LogP contribution in [-0.4, -0.2) is 48.4 Å². The van der Waals surface area contributed by atoms with E-state index in [0.717, 1.165) is 30.5 Å². The van der Waals surface area contributed by atoms with Gasteiger partial charge in [-0.1, -0.05) is 49.7 Å². The van der Waals surface area contributed by atoms with Crippen molar-refractivity contribution >= 4 is 22.6 Å². The molecule has 164 valence electrons. The Balaban J connectivity index is 0.000000396. The Labute approximate surface area is 172 Å². The fourth-order valence-corrected chi connectivity index (χ4v) is 2.98. The molecule has 0 spiro atoms. The van der Waals surface area contributed by atoms with Crippen molar-refractivity contribution in [3.05, 3.63) is 42.5 Å². The van der Waals surface area contributed by atoms with E-state index in [1.807, 2.05) is 24.3 Å². The van der Waals surface area contributed by atoms with Gasteiger partial charge in [-0.25, -0.2) is 4.79 Å². The highest BCUT2D eigenvalue weighted by molar-refractivity contribution is 5.88. The summed E-state index contributed by atoms with van der Waals surface area (Å²) in [6.45, 7) is 3.57. The summed E-state index contributed by atoms with van der Waals surface area (Å²) < 4.78 is 37.9. The Hall–Kier alpha value is -2.81. The molecule has 1 amide bonds. The zero-order valence-electron chi connectivity index (χ0n) is 16.5. The summed E-state index contributed by atoms with van der Waals surface area (Å²) in [5.41, 5.74) is 0. The summed E-state index contributed by atoms with van der Waals surface area (Å²) in [7, 11) is 0. The summed E-state index contributed by atoms with van der Waals surface area (Å²) >= 11 is 0. The first-order chi connectivity index (χ1) is 14.2. The number of halogens is 3. The monoisotopic (exact) mass is 426 g/mol. The minimum absolute atomic E-state index is 0.0303. The van der Waals surface area contributed by atoms with Crippen LogP contribution in [0.15, 0.2) is 42.5 Å². The molecule has 1 saturated heterocycles. The number of nitrogens with one attached hydrogen (secondary N) is 2. The standard InChI is InChI=1S/C19H24N2O2.C2HF3O2/c1-2-3-11-20-19(22)17-12-15(13-21-17)23-18-10-6-8-14-7-4-5-9-16(14)18;3-2(4,5)1(6)7/h4-10,15,17,21H,2-3,11-13H2,1H3,(H,20,22);(H,6,7)/t15-,17-;/m0./s1. The highest BCUT2D eigenvalue weighted by Crippen LogP contribution is 2.27. The van der Waals surface area contributed by atoms with E-state index in [-0.39, 0.29) is 18.1 Å². The lowest BCUT2D eigenvalue weighted by atomic mass is 10.1. The fraction of sp³-hybridized carbons (Fsp3) is 0.429. The van der Waals surface area contributed by atoms with Crippen LogP contribution in [0, 0.1) is 0 Å². The van der Waals surface area contributed by atoms with Crippen LogP contribution in [0.25, 0.3) is 10.8 Å². The summed E-state index contributed by atoms with van der Waals surface area (Å²) in [6, 6.07) is 14.1. The number of ether oxygens (including phenoxy) is 1. The molecule has 6 nitrogen and oxygen atoms in total. The minimum Gasteiger partial charge on any atom is -0.488 e. The minimum atomic E-state index is -5.08. The Morgan fingerprint density at radius 3 is 2.53 bits per heavy atom. The van der Waals surface area contributed by atoms with Crippen molar-refractivity contribution in [3.8, 4) is 5.75 Å². The molecule has 9 heteroatoms. The van der Waals surface area contributed by atoms with Gasteiger partial charge in [0.2, 0.25) is 5.91 Å². The second-order valence-corrected chi connectivity index (χ2v) is 6.86. The molecule has 1 aliphatic heterocycles. The maximum absolute atomic E-state index is 12.1. The molecule has 3 N–H and O–H groups in total. The molecule has 2 aromatic carbocycles. The molecule has 3 rings (SSSR count). The number of fused-ring (bicyclic) bond motifs is 1. The second-order valence-electron chi connectivity index (χ2n) is 6.86. The number of carboxylic acid groups (broad SMARTS) is 1. The van der Waals surface area contributed by atoms with Crippen LogP contribution in [0.4, 0.5) is 13.2 Å². The number of hydrogen-bond acceptors (Lipinski definition) is 4. The van der Waals surface area contributed by atoms with E-state index in [4.69, 9.17) is 14.6 Å². The molecule has 0 bridgehead atoms. The van der Waals surface area contributed by atoms with Gasteiger partial charge in [0.05, 0.1) is 6.04 Å². The molecular formula is C21H25F3N2O4. The first kappa shape index (κ1) is 23.5. The van der Waals surface area contributed by atoms with E-state index in [0.29, 0.717) is 13.0 Å². The lowest BCUT2D eigenvalue weighted by molar-refractivity contribution is -0.192. The van der Waals surface area contributed by atoms with Gasteiger partial charge in [-0.3, -0.25) is 4.79 Å². The number of rotatable bonds is 6. The third kappa shape index (κ3) is 6.91. The number of carbonyl (C=O) groups excluding carboxylic acids is 1. The molecule has 1 heterocycles. The van der Waals surface area contributed by atoms with E-state index < -0.39 is 12.1 Å². The van der Waals surface area contributed by atoms with Gasteiger partial charge in [0.25, 0.3) is 0 Å². The Bertz CT molecular complexity index is 852. The molecule has 0 aromatic heterocycles. The van der Waals surface area contributed by atoms with Crippen molar-refractivity contribution in [3.63, 3.8) is 0 Å². The first-order valence-corrected chi connectivity index (χ1v) is 9.68. The van der Waals surface area contributed by atoms with Crippen LogP contribution in [0.1, 0.15) is 26.2 Å². The summed E-state index contributed by atoms with van der Waals surface area (Å²) in [6.07, 6.45) is -2.23. The van der Waals surface area contributed by atoms with Gasteiger partial charge in [-0.05, 0) is 17.9 Å². The van der Waals surface area contributed by atoms with E-state index >= 15 is 0 Å². The normalized spacial score (nSPS) is 18.4. The summed E-state index contributed by atoms with van der Waals surface area (Å²) in [5.74, 6) is -1.78. The topological polar surface area (TPSA) is 87.7 Å². The number of amides is 1. The van der Waals surface area contributed by atoms with Gasteiger partial charge in [-0.15, -0.1) is 0 Å². The van der Waals surface area contributed by atoms with E-state index in [1.165, 1.54) is 5.39 Å². The van der Waals surface area contributed by atoms with Gasteiger partial charge >= 0.3 is 12.1 Å². The highest BCUT2D eigenvalue weighted by atomic mass is 19.4. The summed E-state index contributed by atoms with van der Waals surface area (Å²) in [5, 5.41) is 15.7. The van der Waals surface area contributed by atoms with Crippen LogP contribution in [0.3, 0.4) is 0 Å². The van der Waals surface area contributed by atoms with Crippen LogP contribution in [0.2, 0.25) is 0 Å². The fourth-order valence-electron chi connectivity index (χ4n) is 2.98. The molecule has 1 fully saturated rings. The molecule has 2 atom stereocenters. The van der Waals surface area contributed by atoms with Crippen LogP contribution >= 0.6 is 0 Å². The zero-order valence-corrected chi connectivity index (χ0v) is 16.5. The van der Waals surface area contributed by atoms with Crippen LogP contribution < -0.4 is 15.4 Å². The average molecular weight is 426 g/mol. The predicted molar refractivity (Wildman–Crippen MR) is 106 cm³/mol. The maximum atomic E-state index is 12.1. The SMILES string of the molecule is CCCCNC(=O)[C@@H]1C[C@H](Oc2cccc3ccccc23)CN1.O=C(O)C(F)(F)F. The smallest absolute Gasteiger partial charge is 0.488 e. The number of benzene rings is 2. The van der Waals surface area contributed by atoms with Crippen molar-refractivity contribution in [2.45, 2.75) is 44.5 Å². The number of alkyl halides is 3. The third-order valence-electron chi connectivity index (χ3n) is 4.52. The largest absolute Gasteiger partial charge is 0.490 e. The second kappa shape index (κ2) is 10.8. The van der Waals surface area contributed by atoms with E-state index in [1.54, 1.807) is 0 Å². The zero-order chi connectivity index (χ0) is 22.1. The van der Waals surface area contributed by atoms with Gasteiger partial charge in [0.15, 0.2) is 0 Å². The predicted octanol–water partition coefficient (Wildman–Crippen LogP) is 3.50. The highest BCUT2D eigenvalue weighted by Gasteiger charge is 2.38. The molecule has 30 heavy (non-hydrogen) atoms. The van der Waals surface area contributed by atoms with Crippen LogP contribution in [-0.2, 0) is 9.59 Å². The number of aliphatic carboxylic acids is 1. The number of unbranched alkanes of at least 4 members (excludes halogenated alkanes) is 1. The molecule has 0 aliphatic carbocycles. The first-order valence-electron chi connectivity index (χ1n) is 9.68. The third-order valence-corrected chi connectivity index (χ3v) is 4.52. The van der Waals surface area contributed by atoms with Crippen molar-refractivity contribution in [2.75, 3.05) is 13.1 Å².